The molecule has 0 aromatic carbocycles. The summed E-state index contributed by atoms with van der Waals surface area (Å²) < 4.78 is 12.9. The number of carbonyl (C=O) groups is 1. The molecule has 6 heteroatoms. The number of carbonyl (C=O) groups excluding carboxylic acids is 1. The van der Waals surface area contributed by atoms with Crippen molar-refractivity contribution in [2.75, 3.05) is 13.1 Å². The van der Waals surface area contributed by atoms with E-state index in [9.17, 15) is 4.79 Å². The summed E-state index contributed by atoms with van der Waals surface area (Å²) in [5, 5.41) is 4.39. The largest absolute Gasteiger partial charge is 0.460 e. The van der Waals surface area contributed by atoms with Crippen LogP contribution in [0, 0.1) is 6.92 Å². The van der Waals surface area contributed by atoms with Crippen LogP contribution < -0.4 is 0 Å². The highest BCUT2D eigenvalue weighted by molar-refractivity contribution is 5.93. The molecule has 0 aliphatic carbocycles. The van der Waals surface area contributed by atoms with E-state index in [4.69, 9.17) is 9.15 Å². The second-order valence-electron chi connectivity index (χ2n) is 5.92. The molecule has 2 unspecified atom stereocenters. The lowest BCUT2D eigenvalue weighted by molar-refractivity contribution is -0.0588. The summed E-state index contributed by atoms with van der Waals surface area (Å²) in [6.07, 6.45) is 0.0984. The van der Waals surface area contributed by atoms with Gasteiger partial charge in [-0.15, -0.1) is 0 Å². The van der Waals surface area contributed by atoms with Crippen molar-refractivity contribution in [1.82, 2.24) is 14.7 Å². The van der Waals surface area contributed by atoms with E-state index in [1.165, 1.54) is 0 Å². The van der Waals surface area contributed by atoms with E-state index in [-0.39, 0.29) is 18.1 Å². The van der Waals surface area contributed by atoms with Crippen molar-refractivity contribution >= 4 is 5.91 Å². The maximum atomic E-state index is 12.7. The number of hydrogen-bond acceptors (Lipinski definition) is 4. The zero-order valence-corrected chi connectivity index (χ0v) is 13.4. The molecule has 0 saturated carbocycles. The predicted octanol–water partition coefficient (Wildman–Crippen LogP) is 2.24. The zero-order chi connectivity index (χ0) is 15.9. The average Bonchev–Trinajstić information content (AvgIpc) is 3.03. The third kappa shape index (κ3) is 2.78. The average molecular weight is 303 g/mol. The van der Waals surface area contributed by atoms with Gasteiger partial charge in [-0.2, -0.15) is 5.10 Å². The Morgan fingerprint density at radius 3 is 2.55 bits per heavy atom. The molecule has 1 amide bonds. The van der Waals surface area contributed by atoms with Gasteiger partial charge in [0.05, 0.1) is 12.2 Å². The molecule has 1 aliphatic heterocycles. The first-order valence-corrected chi connectivity index (χ1v) is 7.49. The number of rotatable bonds is 2. The third-order valence-electron chi connectivity index (χ3n) is 3.80. The van der Waals surface area contributed by atoms with Crippen LogP contribution in [0.3, 0.4) is 0 Å². The smallest absolute Gasteiger partial charge is 0.272 e. The number of aromatic nitrogens is 2. The quantitative estimate of drug-likeness (QED) is 0.853. The Labute approximate surface area is 129 Å². The van der Waals surface area contributed by atoms with Gasteiger partial charge in [0.1, 0.15) is 17.1 Å². The molecule has 0 N–H and O–H groups in total. The monoisotopic (exact) mass is 303 g/mol. The minimum absolute atomic E-state index is 0.0217. The standard InChI is InChI=1S/C16H21N3O3/c1-10-5-6-15(22-10)13-7-14(18(4)17-13)16(20)19-8-11(2)21-12(3)9-19/h5-7,11-12H,8-9H2,1-4H3. The molecule has 1 aliphatic rings. The van der Waals surface area contributed by atoms with Crippen molar-refractivity contribution in [1.29, 1.82) is 0 Å². The third-order valence-corrected chi connectivity index (χ3v) is 3.80. The molecule has 118 valence electrons. The molecule has 0 bridgehead atoms. The van der Waals surface area contributed by atoms with Crippen molar-refractivity contribution in [2.24, 2.45) is 7.05 Å². The Bertz CT molecular complexity index is 679. The van der Waals surface area contributed by atoms with Gasteiger partial charge < -0.3 is 14.1 Å². The maximum Gasteiger partial charge on any atom is 0.272 e. The first-order chi connectivity index (χ1) is 10.4. The first-order valence-electron chi connectivity index (χ1n) is 7.49. The summed E-state index contributed by atoms with van der Waals surface area (Å²) in [5.41, 5.74) is 1.23. The summed E-state index contributed by atoms with van der Waals surface area (Å²) in [6, 6.07) is 5.53. The van der Waals surface area contributed by atoms with Gasteiger partial charge in [0.2, 0.25) is 0 Å². The van der Waals surface area contributed by atoms with Crippen LogP contribution in [0.5, 0.6) is 0 Å². The SMILES string of the molecule is Cc1ccc(-c2cc(C(=O)N3CC(C)OC(C)C3)n(C)n2)o1. The summed E-state index contributed by atoms with van der Waals surface area (Å²) in [6.45, 7) is 7.05. The second kappa shape index (κ2) is 5.61. The fraction of sp³-hybridized carbons (Fsp3) is 0.500. The van der Waals surface area contributed by atoms with Crippen LogP contribution in [0.25, 0.3) is 11.5 Å². The summed E-state index contributed by atoms with van der Waals surface area (Å²) >= 11 is 0. The second-order valence-corrected chi connectivity index (χ2v) is 5.92. The Kier molecular flexibility index (Phi) is 3.78. The molecular formula is C16H21N3O3. The van der Waals surface area contributed by atoms with E-state index in [1.807, 2.05) is 37.8 Å². The Hall–Kier alpha value is -2.08. The lowest BCUT2D eigenvalue weighted by atomic mass is 10.2. The molecule has 2 aromatic heterocycles. The minimum atomic E-state index is -0.0217. The topological polar surface area (TPSA) is 60.5 Å². The van der Waals surface area contributed by atoms with E-state index in [2.05, 4.69) is 5.10 Å². The van der Waals surface area contributed by atoms with E-state index < -0.39 is 0 Å². The summed E-state index contributed by atoms with van der Waals surface area (Å²) in [4.78, 5) is 14.6. The number of aryl methyl sites for hydroxylation is 2. The molecule has 0 radical (unpaired) electrons. The Balaban J connectivity index is 1.85. The fourth-order valence-corrected chi connectivity index (χ4v) is 2.87. The maximum absolute atomic E-state index is 12.7. The van der Waals surface area contributed by atoms with Gasteiger partial charge in [-0.25, -0.2) is 0 Å². The summed E-state index contributed by atoms with van der Waals surface area (Å²) in [7, 11) is 1.78. The number of furan rings is 1. The van der Waals surface area contributed by atoms with Crippen LogP contribution in [-0.2, 0) is 11.8 Å². The van der Waals surface area contributed by atoms with Gasteiger partial charge in [0.25, 0.3) is 5.91 Å². The molecule has 6 nitrogen and oxygen atoms in total. The van der Waals surface area contributed by atoms with Gasteiger partial charge in [0.15, 0.2) is 5.76 Å². The van der Waals surface area contributed by atoms with Crippen LogP contribution in [0.1, 0.15) is 30.1 Å². The lowest BCUT2D eigenvalue weighted by Crippen LogP contribution is -2.48. The van der Waals surface area contributed by atoms with Crippen LogP contribution in [0.4, 0.5) is 0 Å². The normalized spacial score (nSPS) is 22.1. The highest BCUT2D eigenvalue weighted by Crippen LogP contribution is 2.22. The van der Waals surface area contributed by atoms with Crippen LogP contribution in [0.15, 0.2) is 22.6 Å². The fourth-order valence-electron chi connectivity index (χ4n) is 2.87. The van der Waals surface area contributed by atoms with Crippen molar-refractivity contribution in [3.63, 3.8) is 0 Å². The van der Waals surface area contributed by atoms with Crippen LogP contribution >= 0.6 is 0 Å². The van der Waals surface area contributed by atoms with E-state index in [1.54, 1.807) is 17.8 Å². The number of amides is 1. The number of nitrogens with zero attached hydrogens (tertiary/aromatic N) is 3. The van der Waals surface area contributed by atoms with E-state index >= 15 is 0 Å². The predicted molar refractivity (Wildman–Crippen MR) is 81.6 cm³/mol. The number of morpholine rings is 1. The molecular weight excluding hydrogens is 282 g/mol. The molecule has 3 heterocycles. The van der Waals surface area contributed by atoms with Crippen LogP contribution in [-0.4, -0.2) is 45.9 Å². The Morgan fingerprint density at radius 1 is 1.27 bits per heavy atom. The van der Waals surface area contributed by atoms with E-state index in [0.29, 0.717) is 30.2 Å². The van der Waals surface area contributed by atoms with Crippen molar-refractivity contribution in [2.45, 2.75) is 33.0 Å². The summed E-state index contributed by atoms with van der Waals surface area (Å²) in [5.74, 6) is 1.48. The zero-order valence-electron chi connectivity index (χ0n) is 13.4. The number of ether oxygens (including phenoxy) is 1. The van der Waals surface area contributed by atoms with Gasteiger partial charge in [0, 0.05) is 26.2 Å². The van der Waals surface area contributed by atoms with Gasteiger partial charge in [-0.1, -0.05) is 0 Å². The molecule has 3 rings (SSSR count). The van der Waals surface area contributed by atoms with Gasteiger partial charge >= 0.3 is 0 Å². The van der Waals surface area contributed by atoms with Crippen molar-refractivity contribution < 1.29 is 13.9 Å². The van der Waals surface area contributed by atoms with Gasteiger partial charge in [-0.05, 0) is 32.9 Å². The lowest BCUT2D eigenvalue weighted by Gasteiger charge is -2.35. The highest BCUT2D eigenvalue weighted by Gasteiger charge is 2.28. The molecule has 2 aromatic rings. The molecule has 1 fully saturated rings. The van der Waals surface area contributed by atoms with E-state index in [0.717, 1.165) is 5.76 Å². The molecule has 2 atom stereocenters. The minimum Gasteiger partial charge on any atom is -0.460 e. The van der Waals surface area contributed by atoms with Crippen molar-refractivity contribution in [3.8, 4) is 11.5 Å². The first kappa shape index (κ1) is 14.8. The van der Waals surface area contributed by atoms with Crippen molar-refractivity contribution in [3.05, 3.63) is 29.7 Å². The Morgan fingerprint density at radius 2 is 1.95 bits per heavy atom. The number of hydrogen-bond donors (Lipinski definition) is 0. The highest BCUT2D eigenvalue weighted by atomic mass is 16.5. The molecule has 0 spiro atoms. The van der Waals surface area contributed by atoms with Gasteiger partial charge in [-0.3, -0.25) is 9.48 Å². The molecule has 1 saturated heterocycles. The van der Waals surface area contributed by atoms with Crippen LogP contribution in [0.2, 0.25) is 0 Å². The molecule has 22 heavy (non-hydrogen) atoms.